The van der Waals surface area contributed by atoms with Gasteiger partial charge in [0.05, 0.1) is 6.54 Å². The van der Waals surface area contributed by atoms with Crippen LogP contribution in [-0.2, 0) is 9.59 Å². The predicted molar refractivity (Wildman–Crippen MR) is 80.2 cm³/mol. The molecule has 0 aliphatic heterocycles. The van der Waals surface area contributed by atoms with Crippen LogP contribution in [0.5, 0.6) is 11.5 Å². The molecule has 0 fully saturated rings. The average molecular weight is 325 g/mol. The molecule has 0 spiro atoms. The topological polar surface area (TPSA) is 113 Å². The van der Waals surface area contributed by atoms with Gasteiger partial charge in [-0.05, 0) is 31.8 Å². The summed E-state index contributed by atoms with van der Waals surface area (Å²) in [7, 11) is 1.80. The van der Waals surface area contributed by atoms with Crippen LogP contribution >= 0.6 is 0 Å². The fraction of sp³-hybridized carbons (Fsp3) is 0.400. The van der Waals surface area contributed by atoms with Gasteiger partial charge in [0, 0.05) is 5.56 Å². The van der Waals surface area contributed by atoms with Gasteiger partial charge in [-0.3, -0.25) is 9.69 Å². The molecule has 0 bridgehead atoms. The smallest absolute Gasteiger partial charge is 0.341 e. The van der Waals surface area contributed by atoms with Crippen molar-refractivity contribution < 1.29 is 34.1 Å². The number of ether oxygens (including phenoxy) is 2. The van der Waals surface area contributed by atoms with Crippen LogP contribution in [0.15, 0.2) is 18.2 Å². The summed E-state index contributed by atoms with van der Waals surface area (Å²) in [6, 6.07) is 4.22. The van der Waals surface area contributed by atoms with Gasteiger partial charge in [-0.1, -0.05) is 6.92 Å². The molecule has 1 rings (SSSR count). The number of benzene rings is 1. The standard InChI is InChI=1S/C15H19NO7/c1-3-16(2)7-11(17)10-4-5-12(22-8-14(18)19)13(6-10)23-9-15(20)21/h4-6H,3,7-9H2,1-2H3,(H,18,19)(H,20,21). The normalized spacial score (nSPS) is 10.4. The summed E-state index contributed by atoms with van der Waals surface area (Å²) in [6.07, 6.45) is 0. The molecule has 0 saturated carbocycles. The number of rotatable bonds is 10. The van der Waals surface area contributed by atoms with Gasteiger partial charge in [0.25, 0.3) is 0 Å². The Bertz CT molecular complexity index is 585. The Balaban J connectivity index is 2.97. The SMILES string of the molecule is CCN(C)CC(=O)c1ccc(OCC(=O)O)c(OCC(=O)O)c1. The van der Waals surface area contributed by atoms with Gasteiger partial charge in [0.15, 0.2) is 30.5 Å². The van der Waals surface area contributed by atoms with Crippen LogP contribution in [-0.4, -0.2) is 66.2 Å². The number of hydrogen-bond acceptors (Lipinski definition) is 6. The van der Waals surface area contributed by atoms with Crippen LogP contribution in [0.3, 0.4) is 0 Å². The number of likely N-dealkylation sites (N-methyl/N-ethyl adjacent to an activating group) is 1. The van der Waals surface area contributed by atoms with Crippen molar-refractivity contribution in [2.75, 3.05) is 33.4 Å². The van der Waals surface area contributed by atoms with Gasteiger partial charge < -0.3 is 19.7 Å². The van der Waals surface area contributed by atoms with E-state index in [1.807, 2.05) is 11.8 Å². The fourth-order valence-electron chi connectivity index (χ4n) is 1.64. The first-order chi connectivity index (χ1) is 10.8. The molecule has 0 unspecified atom stereocenters. The van der Waals surface area contributed by atoms with E-state index in [1.54, 1.807) is 7.05 Å². The Morgan fingerprint density at radius 3 is 2.13 bits per heavy atom. The largest absolute Gasteiger partial charge is 0.479 e. The van der Waals surface area contributed by atoms with E-state index in [4.69, 9.17) is 19.7 Å². The Labute approximate surface area is 133 Å². The molecular weight excluding hydrogens is 306 g/mol. The molecule has 0 aromatic heterocycles. The van der Waals surface area contributed by atoms with Gasteiger partial charge in [0.1, 0.15) is 0 Å². The summed E-state index contributed by atoms with van der Waals surface area (Å²) in [5.41, 5.74) is 0.327. The number of ketones is 1. The number of hydrogen-bond donors (Lipinski definition) is 2. The third-order valence-corrected chi connectivity index (χ3v) is 2.92. The summed E-state index contributed by atoms with van der Waals surface area (Å²) in [4.78, 5) is 35.1. The van der Waals surface area contributed by atoms with Crippen LogP contribution in [0, 0.1) is 0 Å². The molecule has 1 aromatic rings. The molecule has 0 heterocycles. The molecular formula is C15H19NO7. The van der Waals surface area contributed by atoms with Crippen molar-refractivity contribution in [2.45, 2.75) is 6.92 Å². The van der Waals surface area contributed by atoms with Crippen molar-refractivity contribution in [2.24, 2.45) is 0 Å². The van der Waals surface area contributed by atoms with Crippen LogP contribution in [0.4, 0.5) is 0 Å². The van der Waals surface area contributed by atoms with Gasteiger partial charge in [-0.2, -0.15) is 0 Å². The lowest BCUT2D eigenvalue weighted by Crippen LogP contribution is -2.25. The zero-order valence-corrected chi connectivity index (χ0v) is 12.9. The van der Waals surface area contributed by atoms with E-state index in [2.05, 4.69) is 0 Å². The van der Waals surface area contributed by atoms with E-state index in [0.717, 1.165) is 0 Å². The summed E-state index contributed by atoms with van der Waals surface area (Å²) >= 11 is 0. The van der Waals surface area contributed by atoms with Crippen molar-refractivity contribution in [1.82, 2.24) is 4.90 Å². The first kappa shape index (κ1) is 18.4. The number of Topliss-reactive ketones (excluding diaryl/α,β-unsaturated/α-hetero) is 1. The number of carboxylic acid groups (broad SMARTS) is 2. The Morgan fingerprint density at radius 1 is 1.04 bits per heavy atom. The van der Waals surface area contributed by atoms with Gasteiger partial charge >= 0.3 is 11.9 Å². The molecule has 23 heavy (non-hydrogen) atoms. The average Bonchev–Trinajstić information content (AvgIpc) is 2.50. The third-order valence-electron chi connectivity index (χ3n) is 2.92. The number of carbonyl (C=O) groups is 3. The number of nitrogens with zero attached hydrogens (tertiary/aromatic N) is 1. The molecule has 0 atom stereocenters. The lowest BCUT2D eigenvalue weighted by Gasteiger charge is -2.14. The van der Waals surface area contributed by atoms with E-state index in [-0.39, 0.29) is 23.8 Å². The second-order valence-electron chi connectivity index (χ2n) is 4.78. The van der Waals surface area contributed by atoms with Crippen LogP contribution in [0.25, 0.3) is 0 Å². The van der Waals surface area contributed by atoms with E-state index in [9.17, 15) is 14.4 Å². The van der Waals surface area contributed by atoms with Crippen LogP contribution < -0.4 is 9.47 Å². The zero-order valence-electron chi connectivity index (χ0n) is 12.9. The molecule has 8 nitrogen and oxygen atoms in total. The maximum atomic E-state index is 12.1. The lowest BCUT2D eigenvalue weighted by atomic mass is 10.1. The highest BCUT2D eigenvalue weighted by Gasteiger charge is 2.15. The van der Waals surface area contributed by atoms with Crippen molar-refractivity contribution in [3.8, 4) is 11.5 Å². The number of carbonyl (C=O) groups excluding carboxylic acids is 1. The monoisotopic (exact) mass is 325 g/mol. The molecule has 0 amide bonds. The second-order valence-corrected chi connectivity index (χ2v) is 4.78. The van der Waals surface area contributed by atoms with E-state index in [0.29, 0.717) is 12.1 Å². The predicted octanol–water partition coefficient (Wildman–Crippen LogP) is 0.748. The van der Waals surface area contributed by atoms with Crippen LogP contribution in [0.2, 0.25) is 0 Å². The summed E-state index contributed by atoms with van der Waals surface area (Å²) in [6.45, 7) is 1.58. The van der Waals surface area contributed by atoms with Gasteiger partial charge in [0.2, 0.25) is 0 Å². The third kappa shape index (κ3) is 6.35. The van der Waals surface area contributed by atoms with Gasteiger partial charge in [-0.25, -0.2) is 9.59 Å². The first-order valence-corrected chi connectivity index (χ1v) is 6.88. The molecule has 1 aromatic carbocycles. The zero-order chi connectivity index (χ0) is 17.4. The molecule has 0 aliphatic carbocycles. The van der Waals surface area contributed by atoms with Gasteiger partial charge in [-0.15, -0.1) is 0 Å². The lowest BCUT2D eigenvalue weighted by molar-refractivity contribution is -0.140. The van der Waals surface area contributed by atoms with Crippen molar-refractivity contribution in [3.05, 3.63) is 23.8 Å². The van der Waals surface area contributed by atoms with E-state index in [1.165, 1.54) is 18.2 Å². The Hall–Kier alpha value is -2.61. The quantitative estimate of drug-likeness (QED) is 0.606. The minimum atomic E-state index is -1.20. The minimum Gasteiger partial charge on any atom is -0.479 e. The Kier molecular flexibility index (Phi) is 7.01. The highest BCUT2D eigenvalue weighted by Crippen LogP contribution is 2.28. The number of carboxylic acids is 2. The summed E-state index contributed by atoms with van der Waals surface area (Å²) in [5.74, 6) is -2.47. The van der Waals surface area contributed by atoms with Crippen molar-refractivity contribution in [1.29, 1.82) is 0 Å². The molecule has 8 heteroatoms. The molecule has 0 radical (unpaired) electrons. The van der Waals surface area contributed by atoms with Crippen molar-refractivity contribution >= 4 is 17.7 Å². The number of aliphatic carboxylic acids is 2. The fourth-order valence-corrected chi connectivity index (χ4v) is 1.64. The molecule has 126 valence electrons. The molecule has 0 saturated heterocycles. The highest BCUT2D eigenvalue weighted by molar-refractivity contribution is 5.98. The first-order valence-electron chi connectivity index (χ1n) is 6.88. The maximum absolute atomic E-state index is 12.1. The van der Waals surface area contributed by atoms with E-state index < -0.39 is 25.2 Å². The molecule has 2 N–H and O–H groups in total. The molecule has 0 aliphatic rings. The van der Waals surface area contributed by atoms with E-state index >= 15 is 0 Å². The van der Waals surface area contributed by atoms with Crippen LogP contribution in [0.1, 0.15) is 17.3 Å². The summed E-state index contributed by atoms with van der Waals surface area (Å²) < 4.78 is 10.1. The second kappa shape index (κ2) is 8.74. The Morgan fingerprint density at radius 2 is 1.61 bits per heavy atom. The van der Waals surface area contributed by atoms with Crippen molar-refractivity contribution in [3.63, 3.8) is 0 Å². The summed E-state index contributed by atoms with van der Waals surface area (Å²) in [5, 5.41) is 17.3. The highest BCUT2D eigenvalue weighted by atomic mass is 16.5. The minimum absolute atomic E-state index is 0.0126. The maximum Gasteiger partial charge on any atom is 0.341 e.